The van der Waals surface area contributed by atoms with Crippen LogP contribution in [-0.2, 0) is 4.79 Å². The van der Waals surface area contributed by atoms with Crippen LogP contribution >= 0.6 is 23.2 Å². The molecule has 2 amide bonds. The zero-order chi connectivity index (χ0) is 18.7. The number of likely N-dealkylation sites (N-methyl/N-ethyl adjacent to an activating group) is 1. The summed E-state index contributed by atoms with van der Waals surface area (Å²) >= 11 is 12.1. The van der Waals surface area contributed by atoms with Gasteiger partial charge in [0, 0.05) is 13.0 Å². The Morgan fingerprint density at radius 1 is 1.28 bits per heavy atom. The number of hydrogen-bond donors (Lipinski definition) is 1. The summed E-state index contributed by atoms with van der Waals surface area (Å²) < 4.78 is 5.23. The predicted octanol–water partition coefficient (Wildman–Crippen LogP) is 4.12. The molecule has 0 aliphatic rings. The highest BCUT2D eigenvalue weighted by Gasteiger charge is 2.26. The van der Waals surface area contributed by atoms with Crippen molar-refractivity contribution in [1.82, 2.24) is 10.1 Å². The SMILES string of the molecule is Cc1noc(C(C)C)c1C(=O)N(C)CC(=O)Nc1c(Cl)cccc1Cl. The Balaban J connectivity index is 2.11. The minimum atomic E-state index is -0.411. The Morgan fingerprint density at radius 3 is 2.44 bits per heavy atom. The molecule has 0 bridgehead atoms. The van der Waals surface area contributed by atoms with Gasteiger partial charge >= 0.3 is 0 Å². The van der Waals surface area contributed by atoms with E-state index in [-0.39, 0.29) is 18.4 Å². The van der Waals surface area contributed by atoms with Gasteiger partial charge in [0.05, 0.1) is 28.0 Å². The number of hydrogen-bond acceptors (Lipinski definition) is 4. The molecule has 8 heteroatoms. The Morgan fingerprint density at radius 2 is 1.88 bits per heavy atom. The highest BCUT2D eigenvalue weighted by atomic mass is 35.5. The topological polar surface area (TPSA) is 75.4 Å². The number of benzene rings is 1. The Hall–Kier alpha value is -2.05. The van der Waals surface area contributed by atoms with E-state index in [1.165, 1.54) is 11.9 Å². The number of carbonyl (C=O) groups is 2. The van der Waals surface area contributed by atoms with Crippen LogP contribution < -0.4 is 5.32 Å². The Kier molecular flexibility index (Phi) is 6.08. The van der Waals surface area contributed by atoms with Gasteiger partial charge in [0.2, 0.25) is 5.91 Å². The Bertz CT molecular complexity index is 782. The second-order valence-electron chi connectivity index (χ2n) is 5.97. The van der Waals surface area contributed by atoms with E-state index in [0.717, 1.165) is 0 Å². The summed E-state index contributed by atoms with van der Waals surface area (Å²) in [4.78, 5) is 26.2. The van der Waals surface area contributed by atoms with E-state index in [4.69, 9.17) is 27.7 Å². The van der Waals surface area contributed by atoms with E-state index in [1.807, 2.05) is 13.8 Å². The molecule has 0 aliphatic carbocycles. The maximum absolute atomic E-state index is 12.7. The van der Waals surface area contributed by atoms with Gasteiger partial charge in [0.15, 0.2) is 5.76 Å². The number of aryl methyl sites for hydroxylation is 1. The quantitative estimate of drug-likeness (QED) is 0.841. The number of rotatable bonds is 5. The minimum absolute atomic E-state index is 0.00399. The maximum Gasteiger partial charge on any atom is 0.259 e. The van der Waals surface area contributed by atoms with Crippen molar-refractivity contribution in [2.24, 2.45) is 0 Å². The summed E-state index contributed by atoms with van der Waals surface area (Å²) in [6.45, 7) is 5.34. The van der Waals surface area contributed by atoms with Gasteiger partial charge < -0.3 is 14.7 Å². The van der Waals surface area contributed by atoms with Crippen molar-refractivity contribution in [3.05, 3.63) is 45.3 Å². The number of nitrogens with one attached hydrogen (secondary N) is 1. The van der Waals surface area contributed by atoms with Crippen molar-refractivity contribution in [2.45, 2.75) is 26.7 Å². The number of carbonyl (C=O) groups excluding carboxylic acids is 2. The van der Waals surface area contributed by atoms with Crippen molar-refractivity contribution in [3.63, 3.8) is 0 Å². The molecule has 0 spiro atoms. The third-order valence-electron chi connectivity index (χ3n) is 3.58. The predicted molar refractivity (Wildman–Crippen MR) is 97.4 cm³/mol. The summed E-state index contributed by atoms with van der Waals surface area (Å²) in [7, 11) is 1.53. The van der Waals surface area contributed by atoms with Crippen LogP contribution in [0.3, 0.4) is 0 Å². The van der Waals surface area contributed by atoms with Crippen molar-refractivity contribution in [2.75, 3.05) is 18.9 Å². The molecule has 0 fully saturated rings. The summed E-state index contributed by atoms with van der Waals surface area (Å²) in [5.41, 5.74) is 1.21. The normalized spacial score (nSPS) is 10.8. The molecule has 0 saturated heterocycles. The van der Waals surface area contributed by atoms with Gasteiger partial charge in [-0.1, -0.05) is 48.3 Å². The first-order valence-electron chi connectivity index (χ1n) is 7.67. The molecule has 0 radical (unpaired) electrons. The van der Waals surface area contributed by atoms with Crippen LogP contribution in [0.15, 0.2) is 22.7 Å². The molecule has 134 valence electrons. The smallest absolute Gasteiger partial charge is 0.259 e. The number of para-hydroxylation sites is 1. The first kappa shape index (κ1) is 19.3. The highest BCUT2D eigenvalue weighted by Crippen LogP contribution is 2.29. The molecule has 0 saturated carbocycles. The van der Waals surface area contributed by atoms with Gasteiger partial charge in [-0.3, -0.25) is 9.59 Å². The fourth-order valence-corrected chi connectivity index (χ4v) is 2.81. The van der Waals surface area contributed by atoms with Gasteiger partial charge in [-0.05, 0) is 19.1 Å². The highest BCUT2D eigenvalue weighted by molar-refractivity contribution is 6.39. The van der Waals surface area contributed by atoms with Crippen molar-refractivity contribution >= 4 is 40.7 Å². The number of anilines is 1. The molecule has 0 aliphatic heterocycles. The fourth-order valence-electron chi connectivity index (χ4n) is 2.32. The summed E-state index contributed by atoms with van der Waals surface area (Å²) in [6, 6.07) is 4.92. The van der Waals surface area contributed by atoms with Crippen molar-refractivity contribution in [1.29, 1.82) is 0 Å². The van der Waals surface area contributed by atoms with Gasteiger partial charge in [-0.25, -0.2) is 0 Å². The van der Waals surface area contributed by atoms with Crippen LogP contribution in [0.5, 0.6) is 0 Å². The van der Waals surface area contributed by atoms with Crippen molar-refractivity contribution in [3.8, 4) is 0 Å². The van der Waals surface area contributed by atoms with E-state index < -0.39 is 5.91 Å². The largest absolute Gasteiger partial charge is 0.360 e. The average molecular weight is 384 g/mol. The summed E-state index contributed by atoms with van der Waals surface area (Å²) in [5.74, 6) is -0.234. The molecule has 1 aromatic heterocycles. The molecule has 0 atom stereocenters. The molecule has 25 heavy (non-hydrogen) atoms. The van der Waals surface area contributed by atoms with E-state index in [0.29, 0.717) is 32.8 Å². The molecule has 1 aromatic carbocycles. The first-order chi connectivity index (χ1) is 11.7. The zero-order valence-corrected chi connectivity index (χ0v) is 15.9. The summed E-state index contributed by atoms with van der Waals surface area (Å²) in [5, 5.41) is 7.13. The maximum atomic E-state index is 12.7. The van der Waals surface area contributed by atoms with Crippen LogP contribution in [-0.4, -0.2) is 35.5 Å². The van der Waals surface area contributed by atoms with Crippen LogP contribution in [0.1, 0.15) is 41.6 Å². The van der Waals surface area contributed by atoms with E-state index in [2.05, 4.69) is 10.5 Å². The second-order valence-corrected chi connectivity index (χ2v) is 6.78. The van der Waals surface area contributed by atoms with Gasteiger partial charge in [-0.2, -0.15) is 0 Å². The van der Waals surface area contributed by atoms with Crippen LogP contribution in [0.25, 0.3) is 0 Å². The zero-order valence-electron chi connectivity index (χ0n) is 14.4. The third-order valence-corrected chi connectivity index (χ3v) is 4.21. The molecular weight excluding hydrogens is 365 g/mol. The number of halogens is 2. The van der Waals surface area contributed by atoms with Gasteiger partial charge in [-0.15, -0.1) is 0 Å². The standard InChI is InChI=1S/C17H19Cl2N3O3/c1-9(2)16-14(10(3)21-25-16)17(24)22(4)8-13(23)20-15-11(18)6-5-7-12(15)19/h5-7,9H,8H2,1-4H3,(H,20,23). The molecule has 2 rings (SSSR count). The van der Waals surface area contributed by atoms with Crippen molar-refractivity contribution < 1.29 is 14.1 Å². The van der Waals surface area contributed by atoms with E-state index >= 15 is 0 Å². The molecule has 0 unspecified atom stereocenters. The lowest BCUT2D eigenvalue weighted by molar-refractivity contribution is -0.116. The summed E-state index contributed by atoms with van der Waals surface area (Å²) in [6.07, 6.45) is 0. The number of nitrogens with zero attached hydrogens (tertiary/aromatic N) is 2. The first-order valence-corrected chi connectivity index (χ1v) is 8.43. The second kappa shape index (κ2) is 7.89. The minimum Gasteiger partial charge on any atom is -0.360 e. The molecule has 1 heterocycles. The molecule has 6 nitrogen and oxygen atoms in total. The lowest BCUT2D eigenvalue weighted by Crippen LogP contribution is -2.35. The van der Waals surface area contributed by atoms with Crippen LogP contribution in [0.2, 0.25) is 10.0 Å². The average Bonchev–Trinajstić information content (AvgIpc) is 2.92. The molecule has 2 aromatic rings. The van der Waals surface area contributed by atoms with Gasteiger partial charge in [0.1, 0.15) is 5.56 Å². The fraction of sp³-hybridized carbons (Fsp3) is 0.353. The Labute approximate surface area is 156 Å². The van der Waals surface area contributed by atoms with Crippen LogP contribution in [0, 0.1) is 6.92 Å². The van der Waals surface area contributed by atoms with Crippen LogP contribution in [0.4, 0.5) is 5.69 Å². The molecular formula is C17H19Cl2N3O3. The third kappa shape index (κ3) is 4.32. The molecule has 1 N–H and O–H groups in total. The monoisotopic (exact) mass is 383 g/mol. The van der Waals surface area contributed by atoms with E-state index in [1.54, 1.807) is 25.1 Å². The number of aromatic nitrogens is 1. The number of amides is 2. The van der Waals surface area contributed by atoms with Gasteiger partial charge in [0.25, 0.3) is 5.91 Å². The lowest BCUT2D eigenvalue weighted by atomic mass is 10.0. The lowest BCUT2D eigenvalue weighted by Gasteiger charge is -2.18. The van der Waals surface area contributed by atoms with E-state index in [9.17, 15) is 9.59 Å².